The van der Waals surface area contributed by atoms with Crippen molar-refractivity contribution in [3.05, 3.63) is 29.3 Å². The Bertz CT molecular complexity index is 335. The van der Waals surface area contributed by atoms with Crippen LogP contribution in [0, 0.1) is 6.92 Å². The van der Waals surface area contributed by atoms with E-state index in [-0.39, 0.29) is 12.4 Å². The fraction of sp³-hybridized carbons (Fsp3) is 0.538. The topological polar surface area (TPSA) is 21.3 Å². The maximum Gasteiger partial charge on any atom is 0.119 e. The number of ether oxygens (including phenoxy) is 1. The number of hydrogen-bond acceptors (Lipinski definition) is 2. The van der Waals surface area contributed by atoms with E-state index in [9.17, 15) is 0 Å². The SMILES string of the molecule is COc1ccc([C@H]2CCCCN2)c(C)c1.Cl. The van der Waals surface area contributed by atoms with Crippen LogP contribution in [-0.4, -0.2) is 13.7 Å². The van der Waals surface area contributed by atoms with Gasteiger partial charge in [-0.1, -0.05) is 12.5 Å². The molecule has 0 saturated carbocycles. The van der Waals surface area contributed by atoms with Crippen LogP contribution in [0.4, 0.5) is 0 Å². The Labute approximate surface area is 104 Å². The van der Waals surface area contributed by atoms with Gasteiger partial charge in [-0.2, -0.15) is 0 Å². The molecule has 2 nitrogen and oxygen atoms in total. The fourth-order valence-corrected chi connectivity index (χ4v) is 2.28. The lowest BCUT2D eigenvalue weighted by molar-refractivity contribution is 0.404. The first-order chi connectivity index (χ1) is 7.31. The third-order valence-corrected chi connectivity index (χ3v) is 3.16. The zero-order chi connectivity index (χ0) is 10.7. The normalized spacial score (nSPS) is 20.0. The number of piperidine rings is 1. The van der Waals surface area contributed by atoms with Crippen LogP contribution in [0.25, 0.3) is 0 Å². The van der Waals surface area contributed by atoms with Crippen molar-refractivity contribution >= 4 is 12.4 Å². The average Bonchev–Trinajstić information content (AvgIpc) is 2.30. The van der Waals surface area contributed by atoms with Gasteiger partial charge in [0.2, 0.25) is 0 Å². The van der Waals surface area contributed by atoms with E-state index in [1.165, 1.54) is 30.4 Å². The highest BCUT2D eigenvalue weighted by Crippen LogP contribution is 2.27. The molecule has 1 saturated heterocycles. The molecule has 1 aliphatic heterocycles. The molecule has 1 heterocycles. The van der Waals surface area contributed by atoms with Gasteiger partial charge >= 0.3 is 0 Å². The molecule has 0 amide bonds. The van der Waals surface area contributed by atoms with Crippen LogP contribution < -0.4 is 10.1 Å². The van der Waals surface area contributed by atoms with Crippen molar-refractivity contribution in [1.29, 1.82) is 0 Å². The van der Waals surface area contributed by atoms with Crippen molar-refractivity contribution < 1.29 is 4.74 Å². The number of nitrogens with one attached hydrogen (secondary N) is 1. The van der Waals surface area contributed by atoms with E-state index in [1.54, 1.807) is 7.11 Å². The predicted octanol–water partition coefficient (Wildman–Crippen LogP) is 3.24. The van der Waals surface area contributed by atoms with Gasteiger partial charge < -0.3 is 10.1 Å². The van der Waals surface area contributed by atoms with Gasteiger partial charge in [0, 0.05) is 6.04 Å². The van der Waals surface area contributed by atoms with Gasteiger partial charge in [0.15, 0.2) is 0 Å². The molecular formula is C13H20ClNO. The molecular weight excluding hydrogens is 222 g/mol. The zero-order valence-electron chi connectivity index (χ0n) is 9.95. The molecule has 0 spiro atoms. The monoisotopic (exact) mass is 241 g/mol. The maximum atomic E-state index is 5.22. The summed E-state index contributed by atoms with van der Waals surface area (Å²) in [5.41, 5.74) is 2.75. The van der Waals surface area contributed by atoms with Gasteiger partial charge in [0.1, 0.15) is 5.75 Å². The van der Waals surface area contributed by atoms with Crippen molar-refractivity contribution in [3.8, 4) is 5.75 Å². The maximum absolute atomic E-state index is 5.22. The summed E-state index contributed by atoms with van der Waals surface area (Å²) >= 11 is 0. The lowest BCUT2D eigenvalue weighted by Crippen LogP contribution is -2.27. The van der Waals surface area contributed by atoms with Gasteiger partial charge in [-0.15, -0.1) is 12.4 Å². The van der Waals surface area contributed by atoms with Crippen LogP contribution in [0.1, 0.15) is 36.4 Å². The number of hydrogen-bond donors (Lipinski definition) is 1. The van der Waals surface area contributed by atoms with Crippen LogP contribution in [0.15, 0.2) is 18.2 Å². The summed E-state index contributed by atoms with van der Waals surface area (Å²) in [4.78, 5) is 0. The summed E-state index contributed by atoms with van der Waals surface area (Å²) in [5, 5.41) is 3.57. The Hall–Kier alpha value is -0.730. The molecule has 1 atom stereocenters. The molecule has 1 aromatic rings. The quantitative estimate of drug-likeness (QED) is 0.859. The second-order valence-electron chi connectivity index (χ2n) is 4.23. The Morgan fingerprint density at radius 3 is 2.69 bits per heavy atom. The van der Waals surface area contributed by atoms with Crippen LogP contribution in [0.3, 0.4) is 0 Å². The first-order valence-corrected chi connectivity index (χ1v) is 5.69. The number of rotatable bonds is 2. The summed E-state index contributed by atoms with van der Waals surface area (Å²) in [6.07, 6.45) is 3.90. The number of benzene rings is 1. The molecule has 1 fully saturated rings. The van der Waals surface area contributed by atoms with Gasteiger partial charge in [-0.25, -0.2) is 0 Å². The third kappa shape index (κ3) is 2.89. The molecule has 0 aromatic heterocycles. The molecule has 0 bridgehead atoms. The van der Waals surface area contributed by atoms with Gasteiger partial charge in [0.05, 0.1) is 7.11 Å². The second-order valence-corrected chi connectivity index (χ2v) is 4.23. The highest BCUT2D eigenvalue weighted by atomic mass is 35.5. The molecule has 2 rings (SSSR count). The molecule has 1 aliphatic rings. The first kappa shape index (κ1) is 13.3. The summed E-state index contributed by atoms with van der Waals surface area (Å²) < 4.78 is 5.22. The van der Waals surface area contributed by atoms with Gasteiger partial charge in [-0.3, -0.25) is 0 Å². The lowest BCUT2D eigenvalue weighted by atomic mass is 9.94. The Morgan fingerprint density at radius 1 is 1.31 bits per heavy atom. The van der Waals surface area contributed by atoms with E-state index in [1.807, 2.05) is 0 Å². The summed E-state index contributed by atoms with van der Waals surface area (Å²) in [7, 11) is 1.72. The number of aryl methyl sites for hydroxylation is 1. The molecule has 0 unspecified atom stereocenters. The van der Waals surface area contributed by atoms with Crippen molar-refractivity contribution in [3.63, 3.8) is 0 Å². The molecule has 3 heteroatoms. The highest BCUT2D eigenvalue weighted by Gasteiger charge is 2.16. The Morgan fingerprint density at radius 2 is 2.12 bits per heavy atom. The molecule has 16 heavy (non-hydrogen) atoms. The van der Waals surface area contributed by atoms with Crippen LogP contribution in [0.5, 0.6) is 5.75 Å². The molecule has 1 N–H and O–H groups in total. The molecule has 1 aromatic carbocycles. The second kappa shape index (κ2) is 6.12. The van der Waals surface area contributed by atoms with E-state index in [0.717, 1.165) is 12.3 Å². The van der Waals surface area contributed by atoms with E-state index < -0.39 is 0 Å². The lowest BCUT2D eigenvalue weighted by Gasteiger charge is -2.25. The molecule has 0 radical (unpaired) electrons. The average molecular weight is 242 g/mol. The van der Waals surface area contributed by atoms with Crippen molar-refractivity contribution in [1.82, 2.24) is 5.32 Å². The van der Waals surface area contributed by atoms with Crippen LogP contribution in [-0.2, 0) is 0 Å². The Balaban J connectivity index is 0.00000128. The standard InChI is InChI=1S/C13H19NO.ClH/c1-10-9-11(15-2)6-7-12(10)13-5-3-4-8-14-13;/h6-7,9,13-14H,3-5,8H2,1-2H3;1H/t13-;/m1./s1. The third-order valence-electron chi connectivity index (χ3n) is 3.16. The zero-order valence-corrected chi connectivity index (χ0v) is 10.8. The summed E-state index contributed by atoms with van der Waals surface area (Å²) in [6, 6.07) is 6.91. The van der Waals surface area contributed by atoms with E-state index in [2.05, 4.69) is 30.4 Å². The largest absolute Gasteiger partial charge is 0.497 e. The fourth-order valence-electron chi connectivity index (χ4n) is 2.28. The van der Waals surface area contributed by atoms with E-state index in [4.69, 9.17) is 4.74 Å². The highest BCUT2D eigenvalue weighted by molar-refractivity contribution is 5.85. The minimum Gasteiger partial charge on any atom is -0.497 e. The Kier molecular flexibility index (Phi) is 5.10. The van der Waals surface area contributed by atoms with E-state index >= 15 is 0 Å². The minimum absolute atomic E-state index is 0. The smallest absolute Gasteiger partial charge is 0.119 e. The van der Waals surface area contributed by atoms with Gasteiger partial charge in [-0.05, 0) is 49.6 Å². The summed E-state index contributed by atoms with van der Waals surface area (Å²) in [6.45, 7) is 3.31. The predicted molar refractivity (Wildman–Crippen MR) is 69.6 cm³/mol. The number of methoxy groups -OCH3 is 1. The van der Waals surface area contributed by atoms with Gasteiger partial charge in [0.25, 0.3) is 0 Å². The minimum atomic E-state index is 0. The summed E-state index contributed by atoms with van der Waals surface area (Å²) in [5.74, 6) is 0.951. The first-order valence-electron chi connectivity index (χ1n) is 5.69. The number of halogens is 1. The van der Waals surface area contributed by atoms with Crippen LogP contribution >= 0.6 is 12.4 Å². The van der Waals surface area contributed by atoms with Crippen molar-refractivity contribution in [2.45, 2.75) is 32.2 Å². The molecule has 0 aliphatic carbocycles. The van der Waals surface area contributed by atoms with Crippen molar-refractivity contribution in [2.75, 3.05) is 13.7 Å². The van der Waals surface area contributed by atoms with Crippen LogP contribution in [0.2, 0.25) is 0 Å². The van der Waals surface area contributed by atoms with E-state index in [0.29, 0.717) is 6.04 Å². The molecule has 90 valence electrons. The van der Waals surface area contributed by atoms with Crippen molar-refractivity contribution in [2.24, 2.45) is 0 Å².